The number of sulfonamides is 1. The van der Waals surface area contributed by atoms with Gasteiger partial charge in [-0.05, 0) is 30.7 Å². The highest BCUT2D eigenvalue weighted by atomic mass is 35.5. The van der Waals surface area contributed by atoms with E-state index in [9.17, 15) is 18.0 Å². The third-order valence-electron chi connectivity index (χ3n) is 4.08. The first-order valence-electron chi connectivity index (χ1n) is 8.01. The minimum Gasteiger partial charge on any atom is -0.342 e. The van der Waals surface area contributed by atoms with Crippen LogP contribution in [0.2, 0.25) is 5.02 Å². The molecule has 0 aliphatic carbocycles. The molecule has 0 bridgehead atoms. The molecule has 0 atom stereocenters. The summed E-state index contributed by atoms with van der Waals surface area (Å²) >= 11 is 5.84. The van der Waals surface area contributed by atoms with Crippen LogP contribution < -0.4 is 4.31 Å². The molecule has 0 spiro atoms. The van der Waals surface area contributed by atoms with Crippen LogP contribution in [0, 0.1) is 0 Å². The average molecular weight is 388 g/mol. The third-order valence-corrected chi connectivity index (χ3v) is 5.53. The fourth-order valence-electron chi connectivity index (χ4n) is 2.70. The summed E-state index contributed by atoms with van der Waals surface area (Å²) in [5, 5.41) is 0.529. The minimum absolute atomic E-state index is 0.0184. The van der Waals surface area contributed by atoms with E-state index in [-0.39, 0.29) is 18.9 Å². The van der Waals surface area contributed by atoms with Gasteiger partial charge in [-0.15, -0.1) is 0 Å². The van der Waals surface area contributed by atoms with Crippen molar-refractivity contribution in [1.29, 1.82) is 0 Å². The van der Waals surface area contributed by atoms with E-state index in [0.29, 0.717) is 43.3 Å². The molecule has 0 unspecified atom stereocenters. The molecule has 0 N–H and O–H groups in total. The van der Waals surface area contributed by atoms with E-state index in [1.54, 1.807) is 34.1 Å². The predicted octanol–water partition coefficient (Wildman–Crippen LogP) is 1.19. The molecular formula is C16H22ClN3O4S. The highest BCUT2D eigenvalue weighted by Crippen LogP contribution is 2.21. The van der Waals surface area contributed by atoms with Gasteiger partial charge in [0.25, 0.3) is 0 Å². The van der Waals surface area contributed by atoms with Crippen molar-refractivity contribution in [3.05, 3.63) is 29.3 Å². The second kappa shape index (κ2) is 8.53. The Morgan fingerprint density at radius 1 is 1.20 bits per heavy atom. The summed E-state index contributed by atoms with van der Waals surface area (Å²) < 4.78 is 25.3. The molecule has 25 heavy (non-hydrogen) atoms. The molecule has 1 heterocycles. The summed E-state index contributed by atoms with van der Waals surface area (Å²) in [4.78, 5) is 26.3. The van der Waals surface area contributed by atoms with Crippen LogP contribution in [0.4, 0.5) is 5.69 Å². The minimum atomic E-state index is -3.44. The highest BCUT2D eigenvalue weighted by molar-refractivity contribution is 7.92. The van der Waals surface area contributed by atoms with E-state index in [1.807, 2.05) is 0 Å². The van der Waals surface area contributed by atoms with E-state index in [1.165, 1.54) is 4.31 Å². The molecule has 0 radical (unpaired) electrons. The number of carbonyl (C=O) groups is 2. The zero-order valence-electron chi connectivity index (χ0n) is 14.1. The Morgan fingerprint density at radius 3 is 2.32 bits per heavy atom. The molecule has 1 aliphatic heterocycles. The lowest BCUT2D eigenvalue weighted by molar-refractivity contribution is -0.135. The number of hydrogen-bond acceptors (Lipinski definition) is 4. The predicted molar refractivity (Wildman–Crippen MR) is 97.1 cm³/mol. The molecule has 1 aliphatic rings. The summed E-state index contributed by atoms with van der Waals surface area (Å²) in [6.07, 6.45) is 2.61. The summed E-state index contributed by atoms with van der Waals surface area (Å²) in [5.41, 5.74) is 0.527. The monoisotopic (exact) mass is 387 g/mol. The lowest BCUT2D eigenvalue weighted by Crippen LogP contribution is -2.48. The fraction of sp³-hybridized carbons (Fsp3) is 0.500. The topological polar surface area (TPSA) is 78.0 Å². The standard InChI is InChI=1S/C16H22ClN3O4S/c1-25(23,24)20(15-6-4-14(17)5-7-15)8-2-3-16(22)19-11-9-18(13-21)10-12-19/h4-7,13H,2-3,8-12H2,1H3. The number of piperazine rings is 1. The van der Waals surface area contributed by atoms with Crippen LogP contribution >= 0.6 is 11.6 Å². The van der Waals surface area contributed by atoms with Gasteiger partial charge >= 0.3 is 0 Å². The molecule has 1 fully saturated rings. The van der Waals surface area contributed by atoms with Crippen molar-refractivity contribution in [2.75, 3.05) is 43.3 Å². The molecular weight excluding hydrogens is 366 g/mol. The van der Waals surface area contributed by atoms with Crippen LogP contribution in [0.1, 0.15) is 12.8 Å². The number of carbonyl (C=O) groups excluding carboxylic acids is 2. The van der Waals surface area contributed by atoms with E-state index in [4.69, 9.17) is 11.6 Å². The van der Waals surface area contributed by atoms with Gasteiger partial charge in [-0.1, -0.05) is 11.6 Å². The first-order valence-corrected chi connectivity index (χ1v) is 10.2. The normalized spacial score (nSPS) is 15.1. The van der Waals surface area contributed by atoms with Gasteiger partial charge in [-0.25, -0.2) is 8.42 Å². The molecule has 2 amide bonds. The van der Waals surface area contributed by atoms with Gasteiger partial charge in [0.05, 0.1) is 11.9 Å². The molecule has 9 heteroatoms. The Hall–Kier alpha value is -1.80. The molecule has 1 saturated heterocycles. The number of halogens is 1. The maximum Gasteiger partial charge on any atom is 0.232 e. The van der Waals surface area contributed by atoms with Crippen LogP contribution in [0.3, 0.4) is 0 Å². The Balaban J connectivity index is 1.90. The summed E-state index contributed by atoms with van der Waals surface area (Å²) in [6.45, 7) is 2.33. The van der Waals surface area contributed by atoms with Crippen molar-refractivity contribution in [3.8, 4) is 0 Å². The number of hydrogen-bond donors (Lipinski definition) is 0. The van der Waals surface area contributed by atoms with Crippen molar-refractivity contribution in [2.24, 2.45) is 0 Å². The first kappa shape index (κ1) is 19.5. The number of benzene rings is 1. The van der Waals surface area contributed by atoms with Gasteiger partial charge in [0, 0.05) is 44.2 Å². The molecule has 1 aromatic rings. The Morgan fingerprint density at radius 2 is 1.80 bits per heavy atom. The zero-order chi connectivity index (χ0) is 18.4. The maximum absolute atomic E-state index is 12.2. The first-order chi connectivity index (χ1) is 11.8. The second-order valence-corrected chi connectivity index (χ2v) is 8.28. The zero-order valence-corrected chi connectivity index (χ0v) is 15.7. The van der Waals surface area contributed by atoms with Crippen LogP contribution in [0.15, 0.2) is 24.3 Å². The molecule has 0 aromatic heterocycles. The van der Waals surface area contributed by atoms with E-state index in [2.05, 4.69) is 0 Å². The fourth-order valence-corrected chi connectivity index (χ4v) is 3.79. The quantitative estimate of drug-likeness (QED) is 0.658. The number of anilines is 1. The molecule has 2 rings (SSSR count). The summed E-state index contributed by atoms with van der Waals surface area (Å²) in [5.74, 6) is -0.0184. The number of rotatable bonds is 7. The largest absolute Gasteiger partial charge is 0.342 e. The number of nitrogens with zero attached hydrogens (tertiary/aromatic N) is 3. The van der Waals surface area contributed by atoms with E-state index in [0.717, 1.165) is 12.7 Å². The van der Waals surface area contributed by atoms with Gasteiger partial charge < -0.3 is 9.80 Å². The van der Waals surface area contributed by atoms with Gasteiger partial charge in [-0.3, -0.25) is 13.9 Å². The van der Waals surface area contributed by atoms with Crippen molar-refractivity contribution >= 4 is 39.6 Å². The van der Waals surface area contributed by atoms with Gasteiger partial charge in [-0.2, -0.15) is 0 Å². The summed E-state index contributed by atoms with van der Waals surface area (Å²) in [7, 11) is -3.44. The van der Waals surface area contributed by atoms with Crippen LogP contribution in [0.25, 0.3) is 0 Å². The summed E-state index contributed by atoms with van der Waals surface area (Å²) in [6, 6.07) is 6.55. The smallest absolute Gasteiger partial charge is 0.232 e. The Kier molecular flexibility index (Phi) is 6.66. The SMILES string of the molecule is CS(=O)(=O)N(CCCC(=O)N1CCN(C=O)CC1)c1ccc(Cl)cc1. The van der Waals surface area contributed by atoms with Crippen LogP contribution in [-0.4, -0.2) is 69.5 Å². The van der Waals surface area contributed by atoms with Crippen LogP contribution in [0.5, 0.6) is 0 Å². The molecule has 7 nitrogen and oxygen atoms in total. The maximum atomic E-state index is 12.2. The molecule has 1 aromatic carbocycles. The number of amides is 2. The second-order valence-electron chi connectivity index (χ2n) is 5.94. The van der Waals surface area contributed by atoms with Crippen molar-refractivity contribution in [1.82, 2.24) is 9.80 Å². The Bertz CT molecular complexity index is 701. The van der Waals surface area contributed by atoms with Gasteiger partial charge in [0.2, 0.25) is 22.3 Å². The van der Waals surface area contributed by atoms with E-state index >= 15 is 0 Å². The van der Waals surface area contributed by atoms with Crippen molar-refractivity contribution in [2.45, 2.75) is 12.8 Å². The Labute approximate surface area is 153 Å². The van der Waals surface area contributed by atoms with Gasteiger partial charge in [0.15, 0.2) is 0 Å². The lowest BCUT2D eigenvalue weighted by atomic mass is 10.2. The highest BCUT2D eigenvalue weighted by Gasteiger charge is 2.21. The van der Waals surface area contributed by atoms with E-state index < -0.39 is 10.0 Å². The van der Waals surface area contributed by atoms with Crippen molar-refractivity contribution < 1.29 is 18.0 Å². The van der Waals surface area contributed by atoms with Crippen molar-refractivity contribution in [3.63, 3.8) is 0 Å². The molecule has 138 valence electrons. The third kappa shape index (κ3) is 5.61. The van der Waals surface area contributed by atoms with Crippen LogP contribution in [-0.2, 0) is 19.6 Å². The van der Waals surface area contributed by atoms with Gasteiger partial charge in [0.1, 0.15) is 0 Å². The average Bonchev–Trinajstić information content (AvgIpc) is 2.58. The lowest BCUT2D eigenvalue weighted by Gasteiger charge is -2.32. The molecule has 0 saturated carbocycles.